The third kappa shape index (κ3) is 4.42. The van der Waals surface area contributed by atoms with E-state index in [0.717, 1.165) is 18.5 Å². The summed E-state index contributed by atoms with van der Waals surface area (Å²) in [5, 5.41) is 12.8. The molecule has 4 atom stereocenters. The van der Waals surface area contributed by atoms with Crippen LogP contribution in [-0.4, -0.2) is 34.6 Å². The topological polar surface area (TPSA) is 91.4 Å². The molecule has 6 nitrogen and oxygen atoms in total. The lowest BCUT2D eigenvalue weighted by Crippen LogP contribution is -2.45. The van der Waals surface area contributed by atoms with Crippen molar-refractivity contribution in [2.45, 2.75) is 66.0 Å². The van der Waals surface area contributed by atoms with Crippen LogP contribution in [0.5, 0.6) is 0 Å². The molecule has 0 aromatic carbocycles. The predicted octanol–water partition coefficient (Wildman–Crippen LogP) is 2.78. The van der Waals surface area contributed by atoms with Crippen LogP contribution in [0, 0.1) is 25.7 Å². The lowest BCUT2D eigenvalue weighted by molar-refractivity contribution is -0.125. The maximum absolute atomic E-state index is 12.3. The molecule has 0 spiro atoms. The number of aliphatic hydroxyl groups excluding tert-OH is 1. The standard InChI is InChI=1S/C19H30N2O4/c1-10-7-6-8-15(11(10)2)21-16(23)9-25-19(24)18-12(3)17(14(5)22)13(4)20-18/h10-11,14-15,20,22H,6-9H2,1-5H3,(H,21,23)/t10-,11+,14-,15-/m1/s1. The van der Waals surface area contributed by atoms with Crippen molar-refractivity contribution in [2.75, 3.05) is 6.61 Å². The van der Waals surface area contributed by atoms with E-state index < -0.39 is 12.1 Å². The minimum atomic E-state index is -0.670. The van der Waals surface area contributed by atoms with Crippen molar-refractivity contribution >= 4 is 11.9 Å². The number of aryl methyl sites for hydroxylation is 1. The van der Waals surface area contributed by atoms with Crippen LogP contribution in [0.3, 0.4) is 0 Å². The summed E-state index contributed by atoms with van der Waals surface area (Å²) in [4.78, 5) is 27.3. The Hall–Kier alpha value is -1.82. The summed E-state index contributed by atoms with van der Waals surface area (Å²) in [6.07, 6.45) is 2.60. The van der Waals surface area contributed by atoms with E-state index in [2.05, 4.69) is 24.1 Å². The smallest absolute Gasteiger partial charge is 0.355 e. The van der Waals surface area contributed by atoms with Gasteiger partial charge < -0.3 is 20.1 Å². The summed E-state index contributed by atoms with van der Waals surface area (Å²) in [5.41, 5.74) is 2.38. The molecule has 2 rings (SSSR count). The number of nitrogens with one attached hydrogen (secondary N) is 2. The zero-order chi connectivity index (χ0) is 18.7. The van der Waals surface area contributed by atoms with Crippen molar-refractivity contribution in [2.24, 2.45) is 11.8 Å². The van der Waals surface area contributed by atoms with Crippen LogP contribution in [0.25, 0.3) is 0 Å². The molecule has 0 unspecified atom stereocenters. The molecule has 3 N–H and O–H groups in total. The van der Waals surface area contributed by atoms with Gasteiger partial charge >= 0.3 is 5.97 Å². The summed E-state index contributed by atoms with van der Waals surface area (Å²) in [6, 6.07) is 0.145. The van der Waals surface area contributed by atoms with E-state index in [9.17, 15) is 14.7 Å². The predicted molar refractivity (Wildman–Crippen MR) is 95.3 cm³/mol. The molecule has 0 radical (unpaired) electrons. The quantitative estimate of drug-likeness (QED) is 0.712. The lowest BCUT2D eigenvalue weighted by Gasteiger charge is -2.34. The van der Waals surface area contributed by atoms with Crippen LogP contribution in [0.15, 0.2) is 0 Å². The van der Waals surface area contributed by atoms with Crippen LogP contribution >= 0.6 is 0 Å². The Labute approximate surface area is 149 Å². The molecule has 1 aliphatic rings. The fourth-order valence-corrected chi connectivity index (χ4v) is 3.83. The van der Waals surface area contributed by atoms with Gasteiger partial charge in [0.1, 0.15) is 5.69 Å². The number of esters is 1. The first-order valence-corrected chi connectivity index (χ1v) is 9.06. The Morgan fingerprint density at radius 1 is 1.32 bits per heavy atom. The second kappa shape index (κ2) is 8.04. The Bertz CT molecular complexity index is 636. The number of rotatable bonds is 5. The molecule has 0 aliphatic heterocycles. The van der Waals surface area contributed by atoms with Gasteiger partial charge in [0.05, 0.1) is 6.10 Å². The molecule has 0 saturated heterocycles. The molecule has 25 heavy (non-hydrogen) atoms. The number of carbonyl (C=O) groups is 2. The molecule has 140 valence electrons. The molecular formula is C19H30N2O4. The maximum Gasteiger partial charge on any atom is 0.355 e. The van der Waals surface area contributed by atoms with Crippen LogP contribution in [0.1, 0.15) is 73.4 Å². The number of hydrogen-bond donors (Lipinski definition) is 3. The Morgan fingerprint density at radius 2 is 2.00 bits per heavy atom. The summed E-state index contributed by atoms with van der Waals surface area (Å²) in [5.74, 6) is 0.170. The van der Waals surface area contributed by atoms with Gasteiger partial charge in [0.2, 0.25) is 0 Å². The van der Waals surface area contributed by atoms with E-state index in [-0.39, 0.29) is 18.6 Å². The van der Waals surface area contributed by atoms with Gasteiger partial charge in [0.25, 0.3) is 5.91 Å². The summed E-state index contributed by atoms with van der Waals surface area (Å²) >= 11 is 0. The van der Waals surface area contributed by atoms with Crippen LogP contribution < -0.4 is 5.32 Å². The summed E-state index contributed by atoms with van der Waals surface area (Å²) in [6.45, 7) is 9.27. The van der Waals surface area contributed by atoms with Gasteiger partial charge in [-0.1, -0.05) is 26.7 Å². The Kier molecular flexibility index (Phi) is 6.27. The number of H-pyrrole nitrogens is 1. The highest BCUT2D eigenvalue weighted by Gasteiger charge is 2.28. The molecule has 6 heteroatoms. The number of hydrogen-bond acceptors (Lipinski definition) is 4. The fraction of sp³-hybridized carbons (Fsp3) is 0.684. The fourth-order valence-electron chi connectivity index (χ4n) is 3.83. The largest absolute Gasteiger partial charge is 0.451 e. The molecule has 1 aliphatic carbocycles. The van der Waals surface area contributed by atoms with E-state index >= 15 is 0 Å². The first kappa shape index (κ1) is 19.5. The molecule has 1 amide bonds. The summed E-state index contributed by atoms with van der Waals surface area (Å²) < 4.78 is 5.16. The van der Waals surface area contributed by atoms with Gasteiger partial charge in [-0.2, -0.15) is 0 Å². The number of carbonyl (C=O) groups excluding carboxylic acids is 2. The molecule has 1 aromatic heterocycles. The lowest BCUT2D eigenvalue weighted by atomic mass is 9.78. The van der Waals surface area contributed by atoms with Crippen LogP contribution in [0.4, 0.5) is 0 Å². The second-order valence-electron chi connectivity index (χ2n) is 7.36. The normalized spacial score (nSPS) is 24.6. The number of ether oxygens (including phenoxy) is 1. The number of amides is 1. The third-order valence-electron chi connectivity index (χ3n) is 5.50. The first-order chi connectivity index (χ1) is 11.7. The Balaban J connectivity index is 1.92. The summed E-state index contributed by atoms with van der Waals surface area (Å²) in [7, 11) is 0. The van der Waals surface area contributed by atoms with E-state index in [1.807, 2.05) is 0 Å². The van der Waals surface area contributed by atoms with Crippen molar-refractivity contribution in [3.8, 4) is 0 Å². The third-order valence-corrected chi connectivity index (χ3v) is 5.50. The molecule has 0 bridgehead atoms. The number of aromatic nitrogens is 1. The molecule has 1 fully saturated rings. The zero-order valence-electron chi connectivity index (χ0n) is 15.8. The number of aliphatic hydroxyl groups is 1. The second-order valence-corrected chi connectivity index (χ2v) is 7.36. The van der Waals surface area contributed by atoms with Crippen molar-refractivity contribution in [1.29, 1.82) is 0 Å². The highest BCUT2D eigenvalue weighted by molar-refractivity contribution is 5.91. The zero-order valence-corrected chi connectivity index (χ0v) is 15.8. The van der Waals surface area contributed by atoms with Gasteiger partial charge in [-0.15, -0.1) is 0 Å². The van der Waals surface area contributed by atoms with E-state index in [4.69, 9.17) is 4.74 Å². The van der Waals surface area contributed by atoms with E-state index in [1.165, 1.54) is 6.42 Å². The monoisotopic (exact) mass is 350 g/mol. The van der Waals surface area contributed by atoms with Gasteiger partial charge in [0.15, 0.2) is 6.61 Å². The van der Waals surface area contributed by atoms with Gasteiger partial charge in [-0.25, -0.2) is 4.79 Å². The molecular weight excluding hydrogens is 320 g/mol. The van der Waals surface area contributed by atoms with E-state index in [0.29, 0.717) is 28.7 Å². The average Bonchev–Trinajstić information content (AvgIpc) is 2.84. The maximum atomic E-state index is 12.3. The molecule has 1 saturated carbocycles. The van der Waals surface area contributed by atoms with Gasteiger partial charge in [0, 0.05) is 17.3 Å². The molecule has 1 heterocycles. The van der Waals surface area contributed by atoms with Crippen molar-refractivity contribution in [3.05, 3.63) is 22.5 Å². The minimum Gasteiger partial charge on any atom is -0.451 e. The van der Waals surface area contributed by atoms with Gasteiger partial charge in [-0.3, -0.25) is 4.79 Å². The highest BCUT2D eigenvalue weighted by atomic mass is 16.5. The van der Waals surface area contributed by atoms with Crippen molar-refractivity contribution in [3.63, 3.8) is 0 Å². The highest BCUT2D eigenvalue weighted by Crippen LogP contribution is 2.29. The number of aromatic amines is 1. The van der Waals surface area contributed by atoms with Crippen molar-refractivity contribution < 1.29 is 19.4 Å². The van der Waals surface area contributed by atoms with E-state index in [1.54, 1.807) is 20.8 Å². The van der Waals surface area contributed by atoms with Crippen molar-refractivity contribution in [1.82, 2.24) is 10.3 Å². The van der Waals surface area contributed by atoms with Crippen LogP contribution in [0.2, 0.25) is 0 Å². The average molecular weight is 350 g/mol. The minimum absolute atomic E-state index is 0.145. The van der Waals surface area contributed by atoms with Gasteiger partial charge in [-0.05, 0) is 44.6 Å². The first-order valence-electron chi connectivity index (χ1n) is 9.06. The van der Waals surface area contributed by atoms with Crippen LogP contribution in [-0.2, 0) is 9.53 Å². The SMILES string of the molecule is Cc1[nH]c(C(=O)OCC(=O)N[C@@H]2CCC[C@@H](C)[C@@H]2C)c(C)c1[C@@H](C)O. The molecule has 1 aromatic rings. The Morgan fingerprint density at radius 3 is 2.60 bits per heavy atom.